The van der Waals surface area contributed by atoms with Gasteiger partial charge in [0.15, 0.2) is 5.82 Å². The number of anilines is 2. The van der Waals surface area contributed by atoms with Gasteiger partial charge in [0.25, 0.3) is 0 Å². The first-order valence-corrected chi connectivity index (χ1v) is 14.0. The molecule has 0 spiro atoms. The highest BCUT2D eigenvalue weighted by molar-refractivity contribution is 6.36. The molecule has 43 heavy (non-hydrogen) atoms. The van der Waals surface area contributed by atoms with Gasteiger partial charge in [-0.25, -0.2) is 15.0 Å². The summed E-state index contributed by atoms with van der Waals surface area (Å²) in [6, 6.07) is 19.3. The van der Waals surface area contributed by atoms with Crippen molar-refractivity contribution in [3.05, 3.63) is 88.8 Å². The normalized spacial score (nSPS) is 11.8. The number of hydrogen-bond acceptors (Lipinski definition) is 9. The number of aliphatic carboxylic acids is 1. The number of methoxy groups -OCH3 is 1. The molecular weight excluding hydrogens is 568 g/mol. The van der Waals surface area contributed by atoms with E-state index in [4.69, 9.17) is 26.4 Å². The van der Waals surface area contributed by atoms with Crippen LogP contribution < -0.4 is 15.4 Å². The molecule has 0 aliphatic rings. The van der Waals surface area contributed by atoms with Crippen LogP contribution in [-0.4, -0.2) is 55.9 Å². The number of benzene rings is 2. The van der Waals surface area contributed by atoms with Gasteiger partial charge in [0.1, 0.15) is 11.3 Å². The lowest BCUT2D eigenvalue weighted by atomic mass is 9.96. The van der Waals surface area contributed by atoms with Gasteiger partial charge < -0.3 is 25.6 Å². The standard InChI is InChI=1S/C32H31ClN6O4/c1-18-22(7-5-10-25(18)38-31-30-27(11-6-14-35-30)36-19(2)37-31)23-8-4-9-24(29(23)33)26-13-12-20(32(39-26)43-3)16-34-17-21(40)15-28(41)42/h4-14,21,34,40H,15-17H2,1-3H3,(H,41,42)(H,36,37,38). The van der Waals surface area contributed by atoms with E-state index in [2.05, 4.69) is 25.6 Å². The zero-order valence-corrected chi connectivity index (χ0v) is 24.7. The van der Waals surface area contributed by atoms with E-state index in [9.17, 15) is 9.90 Å². The predicted octanol–water partition coefficient (Wildman–Crippen LogP) is 5.70. The van der Waals surface area contributed by atoms with Crippen molar-refractivity contribution < 1.29 is 19.7 Å². The lowest BCUT2D eigenvalue weighted by molar-refractivity contribution is -0.139. The smallest absolute Gasteiger partial charge is 0.306 e. The maximum atomic E-state index is 10.8. The highest BCUT2D eigenvalue weighted by Crippen LogP contribution is 2.39. The largest absolute Gasteiger partial charge is 0.481 e. The fourth-order valence-corrected chi connectivity index (χ4v) is 5.20. The lowest BCUT2D eigenvalue weighted by Gasteiger charge is -2.17. The summed E-state index contributed by atoms with van der Waals surface area (Å²) in [4.78, 5) is 29.0. The number of fused-ring (bicyclic) bond motifs is 1. The quantitative estimate of drug-likeness (QED) is 0.149. The number of carboxylic acids is 1. The van der Waals surface area contributed by atoms with Crippen molar-refractivity contribution in [3.8, 4) is 28.3 Å². The van der Waals surface area contributed by atoms with Crippen LogP contribution in [0.2, 0.25) is 5.02 Å². The van der Waals surface area contributed by atoms with Gasteiger partial charge in [-0.1, -0.05) is 48.0 Å². The Balaban J connectivity index is 1.43. The Labute approximate surface area is 253 Å². The molecule has 0 amide bonds. The van der Waals surface area contributed by atoms with Gasteiger partial charge in [-0.15, -0.1) is 0 Å². The topological polar surface area (TPSA) is 142 Å². The molecule has 3 heterocycles. The van der Waals surface area contributed by atoms with Crippen LogP contribution in [0.4, 0.5) is 11.5 Å². The molecule has 5 aromatic rings. The number of rotatable bonds is 11. The van der Waals surface area contributed by atoms with Crippen molar-refractivity contribution in [2.24, 2.45) is 0 Å². The van der Waals surface area contributed by atoms with Crippen LogP contribution in [0.5, 0.6) is 5.88 Å². The Bertz CT molecular complexity index is 1800. The molecule has 0 saturated heterocycles. The third-order valence-corrected chi connectivity index (χ3v) is 7.36. The van der Waals surface area contributed by atoms with Crippen LogP contribution in [0.25, 0.3) is 33.4 Å². The molecule has 5 rings (SSSR count). The highest BCUT2D eigenvalue weighted by Gasteiger charge is 2.17. The zero-order valence-electron chi connectivity index (χ0n) is 23.9. The molecule has 2 aromatic carbocycles. The Morgan fingerprint density at radius 3 is 2.53 bits per heavy atom. The molecule has 1 atom stereocenters. The SMILES string of the molecule is COc1nc(-c2cccc(-c3cccc(Nc4nc(C)nc5cccnc45)c3C)c2Cl)ccc1CNCC(O)CC(=O)O. The van der Waals surface area contributed by atoms with Gasteiger partial charge in [0, 0.05) is 41.7 Å². The minimum absolute atomic E-state index is 0.127. The predicted molar refractivity (Wildman–Crippen MR) is 167 cm³/mol. The van der Waals surface area contributed by atoms with Crippen molar-refractivity contribution >= 4 is 40.1 Å². The minimum atomic E-state index is -1.05. The number of hydrogen-bond donors (Lipinski definition) is 4. The minimum Gasteiger partial charge on any atom is -0.481 e. The summed E-state index contributed by atoms with van der Waals surface area (Å²) in [7, 11) is 1.53. The molecule has 220 valence electrons. The molecular formula is C32H31ClN6O4. The summed E-state index contributed by atoms with van der Waals surface area (Å²) in [5.74, 6) is 0.628. The van der Waals surface area contributed by atoms with Crippen LogP contribution in [-0.2, 0) is 11.3 Å². The number of aliphatic hydroxyl groups excluding tert-OH is 1. The Hall–Kier alpha value is -4.64. The third kappa shape index (κ3) is 6.72. The fraction of sp³-hybridized carbons (Fsp3) is 0.219. The molecule has 0 saturated carbocycles. The highest BCUT2D eigenvalue weighted by atomic mass is 35.5. The molecule has 0 fully saturated rings. The van der Waals surface area contributed by atoms with Gasteiger partial charge in [-0.05, 0) is 49.2 Å². The maximum absolute atomic E-state index is 10.8. The Morgan fingerprint density at radius 1 is 0.977 bits per heavy atom. The molecule has 1 unspecified atom stereocenters. The summed E-state index contributed by atoms with van der Waals surface area (Å²) in [6.45, 7) is 4.35. The van der Waals surface area contributed by atoms with E-state index in [1.807, 2.05) is 74.5 Å². The summed E-state index contributed by atoms with van der Waals surface area (Å²) in [5.41, 5.74) is 7.25. The summed E-state index contributed by atoms with van der Waals surface area (Å²) in [5, 5.41) is 25.7. The van der Waals surface area contributed by atoms with Crippen molar-refractivity contribution in [2.45, 2.75) is 32.9 Å². The van der Waals surface area contributed by atoms with E-state index >= 15 is 0 Å². The number of nitrogens with one attached hydrogen (secondary N) is 2. The third-order valence-electron chi connectivity index (χ3n) is 6.96. The Kier molecular flexibility index (Phi) is 9.10. The van der Waals surface area contributed by atoms with Crippen molar-refractivity contribution in [3.63, 3.8) is 0 Å². The van der Waals surface area contributed by atoms with Crippen LogP contribution in [0.3, 0.4) is 0 Å². The van der Waals surface area contributed by atoms with Crippen molar-refractivity contribution in [1.29, 1.82) is 0 Å². The maximum Gasteiger partial charge on any atom is 0.306 e. The second kappa shape index (κ2) is 13.1. The number of carboxylic acid groups (broad SMARTS) is 1. The van der Waals surface area contributed by atoms with E-state index in [0.717, 1.165) is 39.0 Å². The number of nitrogens with zero attached hydrogens (tertiary/aromatic N) is 4. The van der Waals surface area contributed by atoms with Gasteiger partial charge in [0.2, 0.25) is 5.88 Å². The van der Waals surface area contributed by atoms with E-state index in [-0.39, 0.29) is 13.0 Å². The number of pyridine rings is 2. The number of ether oxygens (including phenoxy) is 1. The summed E-state index contributed by atoms with van der Waals surface area (Å²) in [6.07, 6.45) is 0.401. The van der Waals surface area contributed by atoms with E-state index in [1.165, 1.54) is 7.11 Å². The van der Waals surface area contributed by atoms with Crippen LogP contribution in [0.1, 0.15) is 23.4 Å². The first-order valence-electron chi connectivity index (χ1n) is 13.6. The van der Waals surface area contributed by atoms with Crippen LogP contribution in [0.15, 0.2) is 66.9 Å². The van der Waals surface area contributed by atoms with Crippen molar-refractivity contribution in [1.82, 2.24) is 25.3 Å². The first-order chi connectivity index (χ1) is 20.7. The zero-order chi connectivity index (χ0) is 30.5. The monoisotopic (exact) mass is 598 g/mol. The number of aliphatic hydroxyl groups is 1. The molecule has 3 aromatic heterocycles. The summed E-state index contributed by atoms with van der Waals surface area (Å²) < 4.78 is 5.54. The van der Waals surface area contributed by atoms with E-state index in [1.54, 1.807) is 6.20 Å². The second-order valence-corrected chi connectivity index (χ2v) is 10.4. The fourth-order valence-electron chi connectivity index (χ4n) is 4.88. The molecule has 10 nitrogen and oxygen atoms in total. The second-order valence-electron chi connectivity index (χ2n) is 10.0. The number of aryl methyl sites for hydroxylation is 1. The average Bonchev–Trinajstić information content (AvgIpc) is 2.98. The molecule has 0 bridgehead atoms. The summed E-state index contributed by atoms with van der Waals surface area (Å²) >= 11 is 7.04. The molecule has 11 heteroatoms. The molecule has 0 radical (unpaired) electrons. The van der Waals surface area contributed by atoms with Gasteiger partial charge >= 0.3 is 5.97 Å². The van der Waals surface area contributed by atoms with Gasteiger partial charge in [-0.2, -0.15) is 0 Å². The first kappa shape index (κ1) is 29.8. The Morgan fingerprint density at radius 2 is 1.74 bits per heavy atom. The molecule has 0 aliphatic carbocycles. The van der Waals surface area contributed by atoms with Crippen molar-refractivity contribution in [2.75, 3.05) is 19.0 Å². The number of carbonyl (C=O) groups is 1. The average molecular weight is 599 g/mol. The van der Waals surface area contributed by atoms with Gasteiger partial charge in [0.05, 0.1) is 35.9 Å². The van der Waals surface area contributed by atoms with E-state index < -0.39 is 12.1 Å². The molecule has 4 N–H and O–H groups in total. The number of halogens is 1. The number of aromatic nitrogens is 4. The van der Waals surface area contributed by atoms with Crippen LogP contribution in [0, 0.1) is 13.8 Å². The van der Waals surface area contributed by atoms with Crippen LogP contribution >= 0.6 is 11.6 Å². The lowest BCUT2D eigenvalue weighted by Crippen LogP contribution is -2.28. The molecule has 0 aliphatic heterocycles. The van der Waals surface area contributed by atoms with Gasteiger partial charge in [-0.3, -0.25) is 9.78 Å². The van der Waals surface area contributed by atoms with E-state index in [0.29, 0.717) is 40.3 Å².